The molecule has 2 aromatic heterocycles. The number of carbonyl (C=O) groups is 1. The molecule has 13 heteroatoms. The molecule has 2 aromatic carbocycles. The van der Waals surface area contributed by atoms with Gasteiger partial charge in [0.1, 0.15) is 6.61 Å². The van der Waals surface area contributed by atoms with Crippen molar-refractivity contribution < 1.29 is 23.1 Å². The Hall–Kier alpha value is -3.62. The highest BCUT2D eigenvalue weighted by atomic mass is 32.2. The lowest BCUT2D eigenvalue weighted by Crippen LogP contribution is -2.51. The van der Waals surface area contributed by atoms with Crippen molar-refractivity contribution in [3.05, 3.63) is 84.2 Å². The number of nitrogens with zero attached hydrogens (tertiary/aromatic N) is 4. The number of aromatic nitrogens is 2. The van der Waals surface area contributed by atoms with Gasteiger partial charge < -0.3 is 25.4 Å². The number of alkyl carbamates (subject to hydrolysis) is 1. The first-order chi connectivity index (χ1) is 22.7. The maximum Gasteiger partial charge on any atom is 0.407 e. The van der Waals surface area contributed by atoms with Gasteiger partial charge in [-0.05, 0) is 68.1 Å². The molecular weight excluding hydrogens is 637 g/mol. The second-order valence-electron chi connectivity index (χ2n) is 12.3. The van der Waals surface area contributed by atoms with Gasteiger partial charge in [-0.2, -0.15) is 4.31 Å². The van der Waals surface area contributed by atoms with Crippen LogP contribution in [0.3, 0.4) is 0 Å². The first kappa shape index (κ1) is 34.7. The highest BCUT2D eigenvalue weighted by Crippen LogP contribution is 2.30. The number of carbonyl (C=O) groups excluding carboxylic acids is 1. The summed E-state index contributed by atoms with van der Waals surface area (Å²) in [7, 11) is -4.01. The number of fused-ring (bicyclic) bond motifs is 1. The van der Waals surface area contributed by atoms with Gasteiger partial charge in [-0.3, -0.25) is 4.98 Å². The van der Waals surface area contributed by atoms with Crippen molar-refractivity contribution in [1.29, 1.82) is 0 Å². The van der Waals surface area contributed by atoms with Gasteiger partial charge in [0, 0.05) is 44.1 Å². The second kappa shape index (κ2) is 16.5. The summed E-state index contributed by atoms with van der Waals surface area (Å²) in [5, 5.41) is 18.4. The van der Waals surface area contributed by atoms with E-state index in [-0.39, 0.29) is 36.9 Å². The third kappa shape index (κ3) is 9.94. The molecule has 0 radical (unpaired) electrons. The summed E-state index contributed by atoms with van der Waals surface area (Å²) in [6.45, 7) is 7.82. The van der Waals surface area contributed by atoms with Crippen molar-refractivity contribution in [1.82, 2.24) is 24.5 Å². The average molecular weight is 681 g/mol. The Morgan fingerprint density at radius 3 is 2.55 bits per heavy atom. The predicted molar refractivity (Wildman–Crippen MR) is 185 cm³/mol. The minimum Gasteiger partial charge on any atom is -0.445 e. The summed E-state index contributed by atoms with van der Waals surface area (Å²) in [5.74, 6) is -0.0134. The van der Waals surface area contributed by atoms with Crippen LogP contribution in [-0.4, -0.2) is 90.2 Å². The van der Waals surface area contributed by atoms with Gasteiger partial charge in [0.25, 0.3) is 0 Å². The Bertz CT molecular complexity index is 1680. The molecule has 4 aromatic rings. The van der Waals surface area contributed by atoms with Crippen LogP contribution in [0.1, 0.15) is 37.8 Å². The van der Waals surface area contributed by atoms with Crippen LogP contribution in [-0.2, 0) is 27.8 Å². The van der Waals surface area contributed by atoms with E-state index in [4.69, 9.17) is 4.74 Å². The van der Waals surface area contributed by atoms with Crippen molar-refractivity contribution in [3.63, 3.8) is 0 Å². The standard InChI is InChI=1S/C34H44N6O5S2/c1-25(2)22-40(47(43,44)28-12-13-29-32(20-28)46-33(37-29)36-15-18-39-16-6-7-17-39)23-31(41)30(19-26-9-4-3-5-10-26)38-34(42)45-24-27-11-8-14-35-21-27/h3-5,8-14,20-21,25,30-31,41H,6-7,15-19,22-24H2,1-2H3,(H,36,37)(H,38,42)/t30-,31+/m0/s1. The molecule has 0 saturated carbocycles. The van der Waals surface area contributed by atoms with Crippen molar-refractivity contribution in [2.24, 2.45) is 5.92 Å². The van der Waals surface area contributed by atoms with E-state index in [2.05, 4.69) is 25.5 Å². The fourth-order valence-corrected chi connectivity index (χ4v) is 8.26. The lowest BCUT2D eigenvalue weighted by molar-refractivity contribution is 0.0873. The molecule has 11 nitrogen and oxygen atoms in total. The zero-order valence-corrected chi connectivity index (χ0v) is 28.5. The van der Waals surface area contributed by atoms with Crippen molar-refractivity contribution in [2.45, 2.75) is 56.8 Å². The van der Waals surface area contributed by atoms with Crippen LogP contribution < -0.4 is 10.6 Å². The minimum absolute atomic E-state index is 0.0113. The molecule has 1 saturated heterocycles. The SMILES string of the molecule is CC(C)CN(C[C@@H](O)[C@H](Cc1ccccc1)NC(=O)OCc1cccnc1)S(=O)(=O)c1ccc2nc(NCCN3CCCC3)sc2c1. The zero-order valence-electron chi connectivity index (χ0n) is 26.9. The first-order valence-corrected chi connectivity index (χ1v) is 18.3. The molecule has 1 aliphatic heterocycles. The van der Waals surface area contributed by atoms with Crippen LogP contribution in [0.2, 0.25) is 0 Å². The number of benzene rings is 2. The smallest absolute Gasteiger partial charge is 0.407 e. The molecule has 5 rings (SSSR count). The number of hydrogen-bond donors (Lipinski definition) is 3. The van der Waals surface area contributed by atoms with Crippen molar-refractivity contribution in [3.8, 4) is 0 Å². The van der Waals surface area contributed by atoms with Crippen molar-refractivity contribution in [2.75, 3.05) is 44.6 Å². The molecule has 252 valence electrons. The Balaban J connectivity index is 1.30. The molecule has 1 aliphatic rings. The largest absolute Gasteiger partial charge is 0.445 e. The number of aliphatic hydroxyl groups is 1. The number of hydrogen-bond acceptors (Lipinski definition) is 10. The van der Waals surface area contributed by atoms with Crippen LogP contribution in [0, 0.1) is 5.92 Å². The highest BCUT2D eigenvalue weighted by Gasteiger charge is 2.32. The fourth-order valence-electron chi connectivity index (χ4n) is 5.61. The molecule has 1 fully saturated rings. The van der Waals surface area contributed by atoms with E-state index in [0.29, 0.717) is 0 Å². The van der Waals surface area contributed by atoms with Gasteiger partial charge in [-0.15, -0.1) is 0 Å². The summed E-state index contributed by atoms with van der Waals surface area (Å²) in [6.07, 6.45) is 4.06. The van der Waals surface area contributed by atoms with E-state index >= 15 is 0 Å². The highest BCUT2D eigenvalue weighted by molar-refractivity contribution is 7.89. The fraction of sp³-hybridized carbons (Fsp3) is 0.441. The number of pyridine rings is 1. The third-order valence-corrected chi connectivity index (χ3v) is 10.8. The monoisotopic (exact) mass is 680 g/mol. The molecule has 3 N–H and O–H groups in total. The van der Waals surface area contributed by atoms with Crippen molar-refractivity contribution >= 4 is 42.8 Å². The lowest BCUT2D eigenvalue weighted by atomic mass is 10.0. The van der Waals surface area contributed by atoms with E-state index in [9.17, 15) is 18.3 Å². The molecule has 0 unspecified atom stereocenters. The molecule has 0 spiro atoms. The molecule has 3 heterocycles. The Kier molecular flexibility index (Phi) is 12.2. The van der Waals surface area contributed by atoms with Crippen LogP contribution in [0.5, 0.6) is 0 Å². The van der Waals surface area contributed by atoms with Gasteiger partial charge in [0.2, 0.25) is 10.0 Å². The number of amides is 1. The number of rotatable bonds is 16. The Morgan fingerprint density at radius 1 is 1.06 bits per heavy atom. The molecule has 47 heavy (non-hydrogen) atoms. The van der Waals surface area contributed by atoms with E-state index in [1.807, 2.05) is 44.2 Å². The third-order valence-electron chi connectivity index (χ3n) is 8.02. The number of likely N-dealkylation sites (tertiary alicyclic amines) is 1. The van der Waals surface area contributed by atoms with E-state index in [1.165, 1.54) is 28.5 Å². The molecule has 1 amide bonds. The second-order valence-corrected chi connectivity index (χ2v) is 15.3. The summed E-state index contributed by atoms with van der Waals surface area (Å²) < 4.78 is 35.7. The summed E-state index contributed by atoms with van der Waals surface area (Å²) in [4.78, 5) is 24.1. The number of ether oxygens (including phenoxy) is 1. The van der Waals surface area contributed by atoms with Crippen LogP contribution in [0.25, 0.3) is 10.2 Å². The molecular formula is C34H44N6O5S2. The predicted octanol–water partition coefficient (Wildman–Crippen LogP) is 4.74. The van der Waals surface area contributed by atoms with Gasteiger partial charge >= 0.3 is 6.09 Å². The number of thiazole rings is 1. The topological polar surface area (TPSA) is 137 Å². The van der Waals surface area contributed by atoms with Gasteiger partial charge in [0.05, 0.1) is 27.3 Å². The summed E-state index contributed by atoms with van der Waals surface area (Å²) in [6, 6.07) is 17.1. The van der Waals surface area contributed by atoms with Gasteiger partial charge in [-0.1, -0.05) is 61.6 Å². The van der Waals surface area contributed by atoms with E-state index in [0.717, 1.165) is 52.7 Å². The zero-order chi connectivity index (χ0) is 33.2. The van der Waals surface area contributed by atoms with Gasteiger partial charge in [0.15, 0.2) is 5.13 Å². The van der Waals surface area contributed by atoms with Crippen LogP contribution in [0.4, 0.5) is 9.93 Å². The summed E-state index contributed by atoms with van der Waals surface area (Å²) in [5.41, 5.74) is 2.33. The minimum atomic E-state index is -4.01. The number of nitrogens with one attached hydrogen (secondary N) is 2. The van der Waals surface area contributed by atoms with Gasteiger partial charge in [-0.25, -0.2) is 18.2 Å². The maximum atomic E-state index is 14.1. The maximum absolute atomic E-state index is 14.1. The number of aliphatic hydroxyl groups excluding tert-OH is 1. The molecule has 0 bridgehead atoms. The lowest BCUT2D eigenvalue weighted by Gasteiger charge is -2.30. The first-order valence-electron chi connectivity index (χ1n) is 16.1. The summed E-state index contributed by atoms with van der Waals surface area (Å²) >= 11 is 1.43. The normalized spacial score (nSPS) is 15.3. The van der Waals surface area contributed by atoms with Crippen LogP contribution >= 0.6 is 11.3 Å². The quantitative estimate of drug-likeness (QED) is 0.153. The Labute approximate surface area is 281 Å². The van der Waals surface area contributed by atoms with Crippen LogP contribution in [0.15, 0.2) is 78.0 Å². The molecule has 2 atom stereocenters. The van der Waals surface area contributed by atoms with E-state index in [1.54, 1.807) is 42.7 Å². The average Bonchev–Trinajstić information content (AvgIpc) is 3.73. The number of anilines is 1. The number of sulfonamides is 1. The Morgan fingerprint density at radius 2 is 1.83 bits per heavy atom. The van der Waals surface area contributed by atoms with E-state index < -0.39 is 28.3 Å². The molecule has 0 aliphatic carbocycles.